The van der Waals surface area contributed by atoms with Crippen LogP contribution in [0.25, 0.3) is 0 Å². The van der Waals surface area contributed by atoms with Gasteiger partial charge in [0.1, 0.15) is 5.82 Å². The topological polar surface area (TPSA) is 50.9 Å². The second-order valence-electron chi connectivity index (χ2n) is 4.19. The van der Waals surface area contributed by atoms with E-state index < -0.39 is 18.6 Å². The molecule has 1 aromatic heterocycles. The molecular weight excluding hydrogens is 243 g/mol. The van der Waals surface area contributed by atoms with Gasteiger partial charge >= 0.3 is 6.18 Å². The van der Waals surface area contributed by atoms with Crippen molar-refractivity contribution < 1.29 is 13.2 Å². The van der Waals surface area contributed by atoms with Gasteiger partial charge in [0, 0.05) is 24.2 Å². The van der Waals surface area contributed by atoms with Crippen molar-refractivity contribution in [1.82, 2.24) is 10.3 Å². The average molecular weight is 261 g/mol. The first-order valence-corrected chi connectivity index (χ1v) is 5.86. The summed E-state index contributed by atoms with van der Waals surface area (Å²) < 4.78 is 36.9. The number of nitrogens with two attached hydrogens (primary N) is 1. The minimum atomic E-state index is -4.15. The van der Waals surface area contributed by atoms with E-state index in [2.05, 4.69) is 10.3 Å². The maximum Gasteiger partial charge on any atom is 0.389 e. The highest BCUT2D eigenvalue weighted by Gasteiger charge is 2.29. The SMILES string of the molecule is CCNC(CCC(F)(F)F)c1c(C)ccnc1N. The first-order valence-electron chi connectivity index (χ1n) is 5.86. The van der Waals surface area contributed by atoms with E-state index in [9.17, 15) is 13.2 Å². The van der Waals surface area contributed by atoms with Crippen molar-refractivity contribution >= 4 is 5.82 Å². The van der Waals surface area contributed by atoms with Crippen LogP contribution < -0.4 is 11.1 Å². The molecule has 0 aliphatic carbocycles. The lowest BCUT2D eigenvalue weighted by Crippen LogP contribution is -2.25. The van der Waals surface area contributed by atoms with Crippen LogP contribution in [0.2, 0.25) is 0 Å². The minimum absolute atomic E-state index is 0.0337. The summed E-state index contributed by atoms with van der Waals surface area (Å²) in [7, 11) is 0. The molecule has 6 heteroatoms. The van der Waals surface area contributed by atoms with Crippen molar-refractivity contribution in [2.75, 3.05) is 12.3 Å². The van der Waals surface area contributed by atoms with Crippen LogP contribution in [0.4, 0.5) is 19.0 Å². The van der Waals surface area contributed by atoms with Gasteiger partial charge in [0.25, 0.3) is 0 Å². The lowest BCUT2D eigenvalue weighted by atomic mass is 9.98. The maximum absolute atomic E-state index is 12.3. The zero-order valence-electron chi connectivity index (χ0n) is 10.5. The van der Waals surface area contributed by atoms with Crippen molar-refractivity contribution in [3.05, 3.63) is 23.4 Å². The van der Waals surface area contributed by atoms with Gasteiger partial charge in [0.05, 0.1) is 0 Å². The van der Waals surface area contributed by atoms with Crippen molar-refractivity contribution in [3.63, 3.8) is 0 Å². The van der Waals surface area contributed by atoms with E-state index >= 15 is 0 Å². The summed E-state index contributed by atoms with van der Waals surface area (Å²) in [5, 5.41) is 3.03. The van der Waals surface area contributed by atoms with Gasteiger partial charge in [-0.15, -0.1) is 0 Å². The molecule has 0 saturated heterocycles. The van der Waals surface area contributed by atoms with Crippen molar-refractivity contribution in [2.24, 2.45) is 0 Å². The Kier molecular flexibility index (Phi) is 4.95. The molecule has 1 aromatic rings. The van der Waals surface area contributed by atoms with Crippen LogP contribution in [0.15, 0.2) is 12.3 Å². The Bertz CT molecular complexity index is 370. The van der Waals surface area contributed by atoms with E-state index in [0.717, 1.165) is 5.56 Å². The zero-order valence-corrected chi connectivity index (χ0v) is 10.5. The Balaban J connectivity index is 2.90. The van der Waals surface area contributed by atoms with Gasteiger partial charge in [-0.25, -0.2) is 4.98 Å². The lowest BCUT2D eigenvalue weighted by Gasteiger charge is -2.22. The molecule has 0 spiro atoms. The number of halogens is 3. The molecule has 0 amide bonds. The summed E-state index contributed by atoms with van der Waals surface area (Å²) in [6.45, 7) is 4.25. The van der Waals surface area contributed by atoms with E-state index in [0.29, 0.717) is 17.9 Å². The zero-order chi connectivity index (χ0) is 13.8. The molecule has 0 saturated carbocycles. The molecule has 1 rings (SSSR count). The summed E-state index contributed by atoms with van der Waals surface area (Å²) in [6.07, 6.45) is -3.47. The number of alkyl halides is 3. The van der Waals surface area contributed by atoms with E-state index in [1.807, 2.05) is 13.8 Å². The second kappa shape index (κ2) is 6.04. The quantitative estimate of drug-likeness (QED) is 0.856. The third-order valence-corrected chi connectivity index (χ3v) is 2.75. The Morgan fingerprint density at radius 1 is 1.44 bits per heavy atom. The molecule has 0 fully saturated rings. The number of nitrogens with zero attached hydrogens (tertiary/aromatic N) is 1. The summed E-state index contributed by atoms with van der Waals surface area (Å²) >= 11 is 0. The van der Waals surface area contributed by atoms with E-state index in [4.69, 9.17) is 5.73 Å². The number of aromatic nitrogens is 1. The smallest absolute Gasteiger partial charge is 0.383 e. The third-order valence-electron chi connectivity index (χ3n) is 2.75. The van der Waals surface area contributed by atoms with Crippen LogP contribution in [0, 0.1) is 6.92 Å². The number of anilines is 1. The number of hydrogen-bond acceptors (Lipinski definition) is 3. The van der Waals surface area contributed by atoms with Gasteiger partial charge in [-0.2, -0.15) is 13.2 Å². The molecule has 0 aliphatic rings. The summed E-state index contributed by atoms with van der Waals surface area (Å²) in [6, 6.07) is 1.34. The van der Waals surface area contributed by atoms with Gasteiger partial charge < -0.3 is 11.1 Å². The van der Waals surface area contributed by atoms with Crippen LogP contribution in [0.1, 0.15) is 36.9 Å². The lowest BCUT2D eigenvalue weighted by molar-refractivity contribution is -0.136. The predicted octanol–water partition coefficient (Wildman–Crippen LogP) is 2.97. The highest BCUT2D eigenvalue weighted by atomic mass is 19.4. The monoisotopic (exact) mass is 261 g/mol. The molecule has 1 unspecified atom stereocenters. The number of hydrogen-bond donors (Lipinski definition) is 2. The van der Waals surface area contributed by atoms with Crippen LogP contribution in [-0.2, 0) is 0 Å². The third kappa shape index (κ3) is 4.18. The minimum Gasteiger partial charge on any atom is -0.383 e. The first-order chi connectivity index (χ1) is 8.35. The molecule has 0 radical (unpaired) electrons. The highest BCUT2D eigenvalue weighted by Crippen LogP contribution is 2.30. The Morgan fingerprint density at radius 3 is 2.61 bits per heavy atom. The average Bonchev–Trinajstić information content (AvgIpc) is 2.24. The van der Waals surface area contributed by atoms with Gasteiger partial charge in [-0.05, 0) is 31.5 Å². The van der Waals surface area contributed by atoms with Crippen LogP contribution >= 0.6 is 0 Å². The van der Waals surface area contributed by atoms with Crippen LogP contribution in [0.3, 0.4) is 0 Å². The molecule has 3 nitrogen and oxygen atoms in total. The van der Waals surface area contributed by atoms with Crippen LogP contribution in [0.5, 0.6) is 0 Å². The van der Waals surface area contributed by atoms with Gasteiger partial charge in [0.15, 0.2) is 0 Å². The van der Waals surface area contributed by atoms with Gasteiger partial charge in [-0.3, -0.25) is 0 Å². The first kappa shape index (κ1) is 14.8. The molecule has 0 bridgehead atoms. The Labute approximate surface area is 105 Å². The number of nitrogens with one attached hydrogen (secondary N) is 1. The van der Waals surface area contributed by atoms with E-state index in [1.54, 1.807) is 12.3 Å². The Morgan fingerprint density at radius 2 is 2.11 bits per heavy atom. The normalized spacial score (nSPS) is 13.6. The van der Waals surface area contributed by atoms with Gasteiger partial charge in [0.2, 0.25) is 0 Å². The predicted molar refractivity (Wildman–Crippen MR) is 65.1 cm³/mol. The van der Waals surface area contributed by atoms with Crippen molar-refractivity contribution in [2.45, 2.75) is 38.9 Å². The number of nitrogen functional groups attached to an aromatic ring is 1. The molecule has 3 N–H and O–H groups in total. The number of pyridine rings is 1. The fraction of sp³-hybridized carbons (Fsp3) is 0.583. The molecule has 0 aliphatic heterocycles. The summed E-state index contributed by atoms with van der Waals surface area (Å²) in [5.74, 6) is 0.295. The van der Waals surface area contributed by atoms with Crippen molar-refractivity contribution in [3.8, 4) is 0 Å². The maximum atomic E-state index is 12.3. The number of rotatable bonds is 5. The number of aryl methyl sites for hydroxylation is 1. The molecule has 102 valence electrons. The van der Waals surface area contributed by atoms with Crippen LogP contribution in [-0.4, -0.2) is 17.7 Å². The van der Waals surface area contributed by atoms with E-state index in [-0.39, 0.29) is 6.42 Å². The molecule has 18 heavy (non-hydrogen) atoms. The van der Waals surface area contributed by atoms with E-state index in [1.165, 1.54) is 0 Å². The summed E-state index contributed by atoms with van der Waals surface area (Å²) in [4.78, 5) is 3.94. The molecule has 1 heterocycles. The molecular formula is C12H18F3N3. The van der Waals surface area contributed by atoms with Crippen molar-refractivity contribution in [1.29, 1.82) is 0 Å². The summed E-state index contributed by atoms with van der Waals surface area (Å²) in [5.41, 5.74) is 7.29. The van der Waals surface area contributed by atoms with Gasteiger partial charge in [-0.1, -0.05) is 6.92 Å². The highest BCUT2D eigenvalue weighted by molar-refractivity contribution is 5.46. The second-order valence-corrected chi connectivity index (χ2v) is 4.19. The molecule has 1 atom stereocenters. The molecule has 0 aromatic carbocycles. The largest absolute Gasteiger partial charge is 0.389 e. The fourth-order valence-corrected chi connectivity index (χ4v) is 1.95. The fourth-order valence-electron chi connectivity index (χ4n) is 1.95. The standard InChI is InChI=1S/C12H18F3N3/c1-3-17-9(4-6-12(13,14)15)10-8(2)5-7-18-11(10)16/h5,7,9,17H,3-4,6H2,1-2H3,(H2,16,18). The Hall–Kier alpha value is -1.30.